The Labute approximate surface area is 163 Å². The molecule has 0 spiro atoms. The number of hydrogen-bond donors (Lipinski definition) is 2. The highest BCUT2D eigenvalue weighted by Crippen LogP contribution is 2.25. The summed E-state index contributed by atoms with van der Waals surface area (Å²) in [5.74, 6) is -0.0680. The molecule has 2 rings (SSSR count). The number of nitrogens with zero attached hydrogens (tertiary/aromatic N) is 2. The van der Waals surface area contributed by atoms with Crippen LogP contribution in [0.15, 0.2) is 30.5 Å². The smallest absolute Gasteiger partial charge is 0.254 e. The number of amides is 1. The predicted molar refractivity (Wildman–Crippen MR) is 110 cm³/mol. The second-order valence-corrected chi connectivity index (χ2v) is 7.43. The van der Waals surface area contributed by atoms with Crippen molar-refractivity contribution in [2.24, 2.45) is 0 Å². The Morgan fingerprint density at radius 3 is 2.35 bits per heavy atom. The number of aryl methyl sites for hydroxylation is 1. The third kappa shape index (κ3) is 5.85. The van der Waals surface area contributed by atoms with Crippen molar-refractivity contribution < 1.29 is 4.79 Å². The van der Waals surface area contributed by atoms with Crippen LogP contribution in [0, 0.1) is 6.92 Å². The predicted octanol–water partition coefficient (Wildman–Crippen LogP) is 3.63. The van der Waals surface area contributed by atoms with Crippen molar-refractivity contribution in [2.75, 3.05) is 19.6 Å². The van der Waals surface area contributed by atoms with Crippen LogP contribution in [0.4, 0.5) is 0 Å². The number of nitrogens with one attached hydrogen (secondary N) is 2. The molecule has 2 aromatic rings. The van der Waals surface area contributed by atoms with E-state index in [0.29, 0.717) is 12.1 Å². The molecule has 1 heterocycles. The van der Waals surface area contributed by atoms with Crippen molar-refractivity contribution in [1.82, 2.24) is 20.4 Å². The van der Waals surface area contributed by atoms with Crippen LogP contribution in [0.1, 0.15) is 55.7 Å². The van der Waals surface area contributed by atoms with Gasteiger partial charge in [0.25, 0.3) is 5.91 Å². The van der Waals surface area contributed by atoms with Crippen LogP contribution >= 0.6 is 12.4 Å². The second kappa shape index (κ2) is 9.74. The molecule has 0 bridgehead atoms. The summed E-state index contributed by atoms with van der Waals surface area (Å²) in [7, 11) is 0. The zero-order valence-corrected chi connectivity index (χ0v) is 17.2. The summed E-state index contributed by atoms with van der Waals surface area (Å²) < 4.78 is 1.80. The Morgan fingerprint density at radius 2 is 1.77 bits per heavy atom. The van der Waals surface area contributed by atoms with E-state index >= 15 is 0 Å². The van der Waals surface area contributed by atoms with E-state index in [-0.39, 0.29) is 23.7 Å². The van der Waals surface area contributed by atoms with Gasteiger partial charge in [-0.1, -0.05) is 45.4 Å². The Balaban J connectivity index is 0.00000338. The monoisotopic (exact) mass is 378 g/mol. The van der Waals surface area contributed by atoms with Crippen molar-refractivity contribution in [3.05, 3.63) is 47.3 Å². The Hall–Kier alpha value is -1.85. The first-order valence-electron chi connectivity index (χ1n) is 8.99. The molecule has 0 saturated carbocycles. The minimum atomic E-state index is -0.205. The van der Waals surface area contributed by atoms with E-state index in [1.165, 1.54) is 5.56 Å². The molecule has 1 aromatic carbocycles. The van der Waals surface area contributed by atoms with Gasteiger partial charge in [-0.2, -0.15) is 5.10 Å². The van der Waals surface area contributed by atoms with Gasteiger partial charge in [0.15, 0.2) is 0 Å². The number of benzene rings is 1. The van der Waals surface area contributed by atoms with Gasteiger partial charge in [-0.05, 0) is 32.0 Å². The topological polar surface area (TPSA) is 58.9 Å². The molecule has 2 N–H and O–H groups in total. The molecular weight excluding hydrogens is 348 g/mol. The van der Waals surface area contributed by atoms with Crippen molar-refractivity contribution in [2.45, 2.75) is 46.5 Å². The SMILES string of the molecule is CCCNCCNC(=O)c1cn(-c2ccc(C)cc2)nc1C(C)(C)C.Cl. The van der Waals surface area contributed by atoms with Gasteiger partial charge < -0.3 is 10.6 Å². The summed E-state index contributed by atoms with van der Waals surface area (Å²) in [6.07, 6.45) is 2.92. The van der Waals surface area contributed by atoms with Crippen LogP contribution in [-0.2, 0) is 5.41 Å². The number of aromatic nitrogens is 2. The fraction of sp³-hybridized carbons (Fsp3) is 0.500. The fourth-order valence-electron chi connectivity index (χ4n) is 2.59. The lowest BCUT2D eigenvalue weighted by molar-refractivity contribution is 0.0951. The summed E-state index contributed by atoms with van der Waals surface area (Å²) in [5.41, 5.74) is 3.41. The summed E-state index contributed by atoms with van der Waals surface area (Å²) in [5, 5.41) is 11.0. The normalized spacial score (nSPS) is 11.1. The quantitative estimate of drug-likeness (QED) is 0.723. The van der Waals surface area contributed by atoms with Gasteiger partial charge in [-0.25, -0.2) is 4.68 Å². The van der Waals surface area contributed by atoms with E-state index < -0.39 is 0 Å². The van der Waals surface area contributed by atoms with Crippen LogP contribution in [0.2, 0.25) is 0 Å². The maximum absolute atomic E-state index is 12.7. The van der Waals surface area contributed by atoms with Crippen LogP contribution in [0.25, 0.3) is 5.69 Å². The Kier molecular flexibility index (Phi) is 8.31. The molecule has 1 aromatic heterocycles. The average Bonchev–Trinajstić information content (AvgIpc) is 3.01. The zero-order valence-electron chi connectivity index (χ0n) is 16.4. The zero-order chi connectivity index (χ0) is 18.4. The van der Waals surface area contributed by atoms with Gasteiger partial charge in [0.05, 0.1) is 16.9 Å². The van der Waals surface area contributed by atoms with Gasteiger partial charge in [0.1, 0.15) is 0 Å². The van der Waals surface area contributed by atoms with Crippen molar-refractivity contribution in [3.63, 3.8) is 0 Å². The summed E-state index contributed by atoms with van der Waals surface area (Å²) in [4.78, 5) is 12.7. The molecule has 0 aliphatic rings. The van der Waals surface area contributed by atoms with Gasteiger partial charge in [-0.3, -0.25) is 4.79 Å². The average molecular weight is 379 g/mol. The maximum Gasteiger partial charge on any atom is 0.254 e. The first-order chi connectivity index (χ1) is 11.8. The molecule has 144 valence electrons. The molecule has 6 heteroatoms. The highest BCUT2D eigenvalue weighted by Gasteiger charge is 2.26. The minimum absolute atomic E-state index is 0. The maximum atomic E-state index is 12.7. The third-order valence-electron chi connectivity index (χ3n) is 3.98. The lowest BCUT2D eigenvalue weighted by Crippen LogP contribution is -2.33. The van der Waals surface area contributed by atoms with Gasteiger partial charge in [-0.15, -0.1) is 12.4 Å². The lowest BCUT2D eigenvalue weighted by Gasteiger charge is -2.17. The molecule has 26 heavy (non-hydrogen) atoms. The molecule has 0 fully saturated rings. The number of hydrogen-bond acceptors (Lipinski definition) is 3. The second-order valence-electron chi connectivity index (χ2n) is 7.43. The Bertz CT molecular complexity index is 702. The van der Waals surface area contributed by atoms with Crippen LogP contribution < -0.4 is 10.6 Å². The minimum Gasteiger partial charge on any atom is -0.351 e. The number of halogens is 1. The van der Waals surface area contributed by atoms with E-state index in [2.05, 4.69) is 45.3 Å². The summed E-state index contributed by atoms with van der Waals surface area (Å²) in [6.45, 7) is 12.8. The molecule has 1 amide bonds. The van der Waals surface area contributed by atoms with Crippen LogP contribution in [0.3, 0.4) is 0 Å². The molecule has 0 aliphatic heterocycles. The summed E-state index contributed by atoms with van der Waals surface area (Å²) >= 11 is 0. The molecule has 0 radical (unpaired) electrons. The van der Waals surface area contributed by atoms with Crippen LogP contribution in [-0.4, -0.2) is 35.3 Å². The van der Waals surface area contributed by atoms with Crippen LogP contribution in [0.5, 0.6) is 0 Å². The van der Waals surface area contributed by atoms with Gasteiger partial charge in [0, 0.05) is 24.7 Å². The Morgan fingerprint density at radius 1 is 1.12 bits per heavy atom. The van der Waals surface area contributed by atoms with E-state index in [9.17, 15) is 4.79 Å². The molecule has 0 aliphatic carbocycles. The van der Waals surface area contributed by atoms with Gasteiger partial charge in [0.2, 0.25) is 0 Å². The van der Waals surface area contributed by atoms with E-state index in [1.807, 2.05) is 30.5 Å². The molecule has 0 unspecified atom stereocenters. The van der Waals surface area contributed by atoms with E-state index in [0.717, 1.165) is 30.9 Å². The van der Waals surface area contributed by atoms with E-state index in [4.69, 9.17) is 5.10 Å². The number of rotatable bonds is 7. The summed E-state index contributed by atoms with van der Waals surface area (Å²) in [6, 6.07) is 8.14. The first kappa shape index (κ1) is 22.2. The standard InChI is InChI=1S/C20H30N4O.ClH/c1-6-11-21-12-13-22-19(25)17-14-24(23-18(17)20(3,4)5)16-9-7-15(2)8-10-16;/h7-10,14,21H,6,11-13H2,1-5H3,(H,22,25);1H. The highest BCUT2D eigenvalue weighted by atomic mass is 35.5. The van der Waals surface area contributed by atoms with E-state index in [1.54, 1.807) is 4.68 Å². The highest BCUT2D eigenvalue weighted by molar-refractivity contribution is 5.95. The molecule has 0 saturated heterocycles. The largest absolute Gasteiger partial charge is 0.351 e. The molecular formula is C20H31ClN4O. The first-order valence-corrected chi connectivity index (χ1v) is 8.99. The lowest BCUT2D eigenvalue weighted by atomic mass is 9.89. The van der Waals surface area contributed by atoms with Crippen molar-refractivity contribution in [1.29, 1.82) is 0 Å². The number of carbonyl (C=O) groups excluding carboxylic acids is 1. The fourth-order valence-corrected chi connectivity index (χ4v) is 2.59. The van der Waals surface area contributed by atoms with Crippen molar-refractivity contribution in [3.8, 4) is 5.69 Å². The third-order valence-corrected chi connectivity index (χ3v) is 3.98. The molecule has 5 nitrogen and oxygen atoms in total. The number of carbonyl (C=O) groups is 1. The van der Waals surface area contributed by atoms with Crippen molar-refractivity contribution >= 4 is 18.3 Å². The molecule has 0 atom stereocenters. The van der Waals surface area contributed by atoms with Gasteiger partial charge >= 0.3 is 0 Å².